The molecular formula is C27H18N6OPt. The van der Waals surface area contributed by atoms with Crippen LogP contribution in [0, 0.1) is 26.0 Å². The second kappa shape index (κ2) is 9.35. The monoisotopic (exact) mass is 637 g/mol. The fourth-order valence-electron chi connectivity index (χ4n) is 3.97. The van der Waals surface area contributed by atoms with Crippen LogP contribution in [-0.4, -0.2) is 29.9 Å². The van der Waals surface area contributed by atoms with Crippen molar-refractivity contribution in [2.45, 2.75) is 13.8 Å². The average molecular weight is 638 g/mol. The third-order valence-corrected chi connectivity index (χ3v) is 5.58. The normalized spacial score (nSPS) is 10.9. The van der Waals surface area contributed by atoms with Gasteiger partial charge in [-0.05, 0) is 36.9 Å². The molecule has 3 heterocycles. The van der Waals surface area contributed by atoms with Crippen molar-refractivity contribution in [1.82, 2.24) is 29.9 Å². The first-order chi connectivity index (χ1) is 16.7. The maximum Gasteiger partial charge on any atom is 2.00 e. The number of para-hydroxylation sites is 1. The second-order valence-corrected chi connectivity index (χ2v) is 7.89. The summed E-state index contributed by atoms with van der Waals surface area (Å²) in [5.74, 6) is 2.07. The SMILES string of the molecule is Cc1nnc(-n2c3[c-]c(-c4[c-]c(Oc5ncccc5C)ccc4)ccc3c3ccccc32)nn1.[Pt+2]. The number of nitrogens with zero attached hydrogens (tertiary/aromatic N) is 6. The second-order valence-electron chi connectivity index (χ2n) is 7.89. The van der Waals surface area contributed by atoms with Crippen LogP contribution in [0.25, 0.3) is 38.9 Å². The van der Waals surface area contributed by atoms with E-state index in [4.69, 9.17) is 4.74 Å². The Labute approximate surface area is 216 Å². The van der Waals surface area contributed by atoms with E-state index in [0.29, 0.717) is 23.4 Å². The van der Waals surface area contributed by atoms with E-state index in [1.807, 2.05) is 66.1 Å². The van der Waals surface area contributed by atoms with Crippen LogP contribution in [0.3, 0.4) is 0 Å². The molecule has 6 rings (SSSR count). The summed E-state index contributed by atoms with van der Waals surface area (Å²) in [5.41, 5.74) is 4.48. The first kappa shape index (κ1) is 22.8. The zero-order valence-electron chi connectivity index (χ0n) is 18.8. The van der Waals surface area contributed by atoms with Gasteiger partial charge in [-0.25, -0.2) is 16.1 Å². The van der Waals surface area contributed by atoms with Gasteiger partial charge in [0.2, 0.25) is 5.88 Å². The van der Waals surface area contributed by atoms with Crippen molar-refractivity contribution in [2.75, 3.05) is 0 Å². The molecule has 172 valence electrons. The van der Waals surface area contributed by atoms with Crippen molar-refractivity contribution in [3.05, 3.63) is 96.4 Å². The summed E-state index contributed by atoms with van der Waals surface area (Å²) in [6, 6.07) is 28.7. The van der Waals surface area contributed by atoms with Crippen LogP contribution >= 0.6 is 0 Å². The van der Waals surface area contributed by atoms with Gasteiger partial charge in [0.15, 0.2) is 5.82 Å². The minimum Gasteiger partial charge on any atom is -0.460 e. The van der Waals surface area contributed by atoms with Crippen molar-refractivity contribution in [3.8, 4) is 28.7 Å². The molecule has 0 bridgehead atoms. The summed E-state index contributed by atoms with van der Waals surface area (Å²) in [6.45, 7) is 3.72. The van der Waals surface area contributed by atoms with Gasteiger partial charge < -0.3 is 4.74 Å². The number of hydrogen-bond acceptors (Lipinski definition) is 6. The predicted octanol–water partition coefficient (Wildman–Crippen LogP) is 5.43. The van der Waals surface area contributed by atoms with Gasteiger partial charge >= 0.3 is 21.1 Å². The maximum absolute atomic E-state index is 5.99. The van der Waals surface area contributed by atoms with Crippen molar-refractivity contribution < 1.29 is 25.8 Å². The predicted molar refractivity (Wildman–Crippen MR) is 129 cm³/mol. The van der Waals surface area contributed by atoms with Gasteiger partial charge in [0.1, 0.15) is 0 Å². The Bertz CT molecular complexity index is 1660. The van der Waals surface area contributed by atoms with Crippen LogP contribution in [0.15, 0.2) is 72.9 Å². The van der Waals surface area contributed by atoms with Crippen LogP contribution in [0.1, 0.15) is 11.4 Å². The molecule has 0 spiro atoms. The van der Waals surface area contributed by atoms with Crippen molar-refractivity contribution in [1.29, 1.82) is 0 Å². The zero-order chi connectivity index (χ0) is 23.1. The van der Waals surface area contributed by atoms with Gasteiger partial charge in [-0.15, -0.1) is 38.6 Å². The van der Waals surface area contributed by atoms with Gasteiger partial charge in [0, 0.05) is 23.0 Å². The molecule has 35 heavy (non-hydrogen) atoms. The quantitative estimate of drug-likeness (QED) is 0.240. The third kappa shape index (κ3) is 4.19. The molecule has 0 fully saturated rings. The zero-order valence-corrected chi connectivity index (χ0v) is 21.1. The molecule has 6 aromatic rings. The summed E-state index contributed by atoms with van der Waals surface area (Å²) in [6.07, 6.45) is 1.71. The summed E-state index contributed by atoms with van der Waals surface area (Å²) < 4.78 is 7.92. The smallest absolute Gasteiger partial charge is 0.460 e. The Morgan fingerprint density at radius 2 is 1.54 bits per heavy atom. The Hall–Kier alpha value is -3.96. The Balaban J connectivity index is 0.00000253. The van der Waals surface area contributed by atoms with Crippen molar-refractivity contribution in [2.24, 2.45) is 0 Å². The number of hydrogen-bond donors (Lipinski definition) is 0. The number of ether oxygens (including phenoxy) is 1. The van der Waals surface area contributed by atoms with E-state index < -0.39 is 0 Å². The van der Waals surface area contributed by atoms with E-state index in [2.05, 4.69) is 49.6 Å². The molecule has 0 atom stereocenters. The van der Waals surface area contributed by atoms with Gasteiger partial charge in [0.05, 0.1) is 0 Å². The van der Waals surface area contributed by atoms with Gasteiger partial charge in [0.25, 0.3) is 5.95 Å². The fraction of sp³-hybridized carbons (Fsp3) is 0.0741. The number of benzene rings is 3. The molecule has 3 aromatic heterocycles. The minimum absolute atomic E-state index is 0. The summed E-state index contributed by atoms with van der Waals surface area (Å²) in [5, 5.41) is 18.9. The van der Waals surface area contributed by atoms with E-state index >= 15 is 0 Å². The molecule has 0 unspecified atom stereocenters. The van der Waals surface area contributed by atoms with Crippen LogP contribution in [0.4, 0.5) is 0 Å². The standard InChI is InChI=1S/C27H18N6O.Pt/c1-17-7-6-14-28-26(17)34-21-9-5-8-19(15-21)20-12-13-23-22-10-3-4-11-24(22)33(25(23)16-20)27-31-29-18(2)30-32-27;/h3-14H,1-2H3;/q-2;+2. The molecule has 0 aliphatic rings. The number of fused-ring (bicyclic) bond motifs is 3. The molecule has 3 aromatic carbocycles. The largest absolute Gasteiger partial charge is 2.00 e. The molecular weight excluding hydrogens is 619 g/mol. The van der Waals surface area contributed by atoms with E-state index in [1.54, 1.807) is 13.1 Å². The Morgan fingerprint density at radius 1 is 0.743 bits per heavy atom. The van der Waals surface area contributed by atoms with Gasteiger partial charge in [-0.2, -0.15) is 24.3 Å². The first-order valence-corrected chi connectivity index (χ1v) is 10.8. The molecule has 0 N–H and O–H groups in total. The van der Waals surface area contributed by atoms with Gasteiger partial charge in [-0.3, -0.25) is 4.57 Å². The summed E-state index contributed by atoms with van der Waals surface area (Å²) in [7, 11) is 0. The average Bonchev–Trinajstić information content (AvgIpc) is 3.20. The number of pyridine rings is 1. The summed E-state index contributed by atoms with van der Waals surface area (Å²) in [4.78, 5) is 4.31. The number of aromatic nitrogens is 6. The van der Waals surface area contributed by atoms with Gasteiger partial charge in [-0.1, -0.05) is 29.7 Å². The fourth-order valence-corrected chi connectivity index (χ4v) is 3.97. The van der Waals surface area contributed by atoms with Crippen molar-refractivity contribution >= 4 is 21.8 Å². The van der Waals surface area contributed by atoms with E-state index in [-0.39, 0.29) is 21.1 Å². The molecule has 8 heteroatoms. The molecule has 7 nitrogen and oxygen atoms in total. The molecule has 0 radical (unpaired) electrons. The van der Waals surface area contributed by atoms with E-state index in [1.165, 1.54) is 0 Å². The minimum atomic E-state index is 0. The third-order valence-electron chi connectivity index (χ3n) is 5.58. The molecule has 0 aliphatic carbocycles. The molecule has 0 amide bonds. The van der Waals surface area contributed by atoms with Crippen LogP contribution in [0.5, 0.6) is 11.6 Å². The molecule has 0 saturated carbocycles. The number of rotatable bonds is 4. The van der Waals surface area contributed by atoms with Crippen LogP contribution in [-0.2, 0) is 21.1 Å². The Morgan fingerprint density at radius 3 is 2.37 bits per heavy atom. The van der Waals surface area contributed by atoms with Crippen molar-refractivity contribution in [3.63, 3.8) is 0 Å². The van der Waals surface area contributed by atoms with E-state index in [0.717, 1.165) is 38.5 Å². The van der Waals surface area contributed by atoms with Crippen LogP contribution < -0.4 is 4.74 Å². The summed E-state index contributed by atoms with van der Waals surface area (Å²) >= 11 is 0. The van der Waals surface area contributed by atoms with E-state index in [9.17, 15) is 0 Å². The first-order valence-electron chi connectivity index (χ1n) is 10.8. The number of aryl methyl sites for hydroxylation is 2. The Kier molecular flexibility index (Phi) is 6.10. The molecule has 0 saturated heterocycles. The maximum atomic E-state index is 5.99. The topological polar surface area (TPSA) is 78.6 Å². The van der Waals surface area contributed by atoms with Crippen LogP contribution in [0.2, 0.25) is 0 Å². The molecule has 0 aliphatic heterocycles.